The van der Waals surface area contributed by atoms with Crippen molar-refractivity contribution in [3.05, 3.63) is 0 Å². The summed E-state index contributed by atoms with van der Waals surface area (Å²) in [6, 6.07) is 0. The van der Waals surface area contributed by atoms with Crippen LogP contribution in [0.15, 0.2) is 0 Å². The zero-order chi connectivity index (χ0) is 19.1. The minimum absolute atomic E-state index is 2.31. The maximum Gasteiger partial charge on any atom is 0.470 e. The van der Waals surface area contributed by atoms with Gasteiger partial charge in [-0.2, -0.15) is 0 Å². The molecule has 0 aromatic heterocycles. The molecule has 9 N–H and O–H groups in total. The molecule has 15 nitrogen and oxygen atoms in total. The summed E-state index contributed by atoms with van der Waals surface area (Å²) in [5, 5.41) is 29.0. The second-order valence-corrected chi connectivity index (χ2v) is 8.23. The lowest BCUT2D eigenvalue weighted by molar-refractivity contribution is -0.212. The molecule has 18 heteroatoms. The summed E-state index contributed by atoms with van der Waals surface area (Å²) in [6.45, 7) is 0. The topological polar surface area (TPSA) is 261 Å². The van der Waals surface area contributed by atoms with Crippen molar-refractivity contribution in [2.45, 2.75) is 36.6 Å². The van der Waals surface area contributed by atoms with E-state index >= 15 is 0 Å². The summed E-state index contributed by atoms with van der Waals surface area (Å²) in [7, 11) is -16.3. The van der Waals surface area contributed by atoms with E-state index in [1.165, 1.54) is 0 Å². The second kappa shape index (κ2) is 7.45. The molecule has 0 radical (unpaired) electrons. The second-order valence-electron chi connectivity index (χ2n) is 4.65. The molecule has 0 heterocycles. The summed E-state index contributed by atoms with van der Waals surface area (Å²) in [4.78, 5) is 52.7. The lowest BCUT2D eigenvalue weighted by Gasteiger charge is -2.44. The largest absolute Gasteiger partial charge is 0.470 e. The van der Waals surface area contributed by atoms with Gasteiger partial charge in [-0.05, 0) is 0 Å². The first-order valence-corrected chi connectivity index (χ1v) is 10.4. The molecule has 24 heavy (non-hydrogen) atoms. The van der Waals surface area contributed by atoms with Gasteiger partial charge in [0.15, 0.2) is 0 Å². The van der Waals surface area contributed by atoms with E-state index in [1.807, 2.05) is 0 Å². The molecule has 4 atom stereocenters. The van der Waals surface area contributed by atoms with Gasteiger partial charge in [0, 0.05) is 0 Å². The van der Waals surface area contributed by atoms with E-state index in [1.54, 1.807) is 0 Å². The molecule has 1 aliphatic rings. The average molecular weight is 420 g/mol. The smallest absolute Gasteiger partial charge is 0.387 e. The summed E-state index contributed by atoms with van der Waals surface area (Å²) < 4.78 is 45.0. The van der Waals surface area contributed by atoms with E-state index in [-0.39, 0.29) is 0 Å². The molecule has 0 aliphatic heterocycles. The molecule has 0 aromatic rings. The predicted octanol–water partition coefficient (Wildman–Crippen LogP) is -3.48. The summed E-state index contributed by atoms with van der Waals surface area (Å²) >= 11 is 0. The van der Waals surface area contributed by atoms with Crippen molar-refractivity contribution >= 4 is 23.5 Å². The Morgan fingerprint density at radius 3 is 1.00 bits per heavy atom. The SMILES string of the molecule is O=P(O)(O)OC1[C@H](OP(=O)(O)O)[C@H](O)C(O)[C@@H](O)[C@H]1OP(=O)(O)O. The first-order chi connectivity index (χ1) is 10.5. The van der Waals surface area contributed by atoms with Crippen LogP contribution in [0, 0.1) is 0 Å². The minimum atomic E-state index is -5.48. The summed E-state index contributed by atoms with van der Waals surface area (Å²) in [5.74, 6) is 0. The maximum absolute atomic E-state index is 11.0. The molecule has 0 saturated heterocycles. The van der Waals surface area contributed by atoms with Crippen molar-refractivity contribution < 1.29 is 71.9 Å². The number of aliphatic hydroxyl groups excluding tert-OH is 3. The third-order valence-electron chi connectivity index (χ3n) is 2.80. The van der Waals surface area contributed by atoms with Gasteiger partial charge < -0.3 is 44.7 Å². The highest BCUT2D eigenvalue weighted by Gasteiger charge is 2.56. The molecule has 1 saturated carbocycles. The van der Waals surface area contributed by atoms with Gasteiger partial charge in [-0.3, -0.25) is 13.6 Å². The van der Waals surface area contributed by atoms with Crippen LogP contribution in [0.1, 0.15) is 0 Å². The average Bonchev–Trinajstić information content (AvgIpc) is 2.32. The van der Waals surface area contributed by atoms with E-state index < -0.39 is 60.1 Å². The van der Waals surface area contributed by atoms with Crippen molar-refractivity contribution in [2.24, 2.45) is 0 Å². The van der Waals surface area contributed by atoms with E-state index in [2.05, 4.69) is 13.6 Å². The summed E-state index contributed by atoms with van der Waals surface area (Å²) in [5.41, 5.74) is 0. The molecule has 0 spiro atoms. The molecular formula is C6H15O15P3. The van der Waals surface area contributed by atoms with Gasteiger partial charge in [-0.15, -0.1) is 0 Å². The Kier molecular flexibility index (Phi) is 6.90. The number of aliphatic hydroxyl groups is 3. The Morgan fingerprint density at radius 2 is 0.750 bits per heavy atom. The van der Waals surface area contributed by atoms with Crippen molar-refractivity contribution in [1.29, 1.82) is 0 Å². The fourth-order valence-corrected chi connectivity index (χ4v) is 3.69. The van der Waals surface area contributed by atoms with E-state index in [9.17, 15) is 29.0 Å². The lowest BCUT2D eigenvalue weighted by Crippen LogP contribution is -2.65. The molecule has 0 aromatic carbocycles. The molecule has 0 unspecified atom stereocenters. The quantitative estimate of drug-likeness (QED) is 0.189. The first kappa shape index (κ1) is 22.3. The molecule has 1 fully saturated rings. The highest BCUT2D eigenvalue weighted by atomic mass is 31.2. The van der Waals surface area contributed by atoms with Crippen LogP contribution in [0.2, 0.25) is 0 Å². The fraction of sp³-hybridized carbons (Fsp3) is 1.00. The van der Waals surface area contributed by atoms with Crippen LogP contribution in [0.4, 0.5) is 0 Å². The Balaban J connectivity index is 3.32. The third kappa shape index (κ3) is 6.50. The number of phosphoric ester groups is 3. The Labute approximate surface area is 133 Å². The van der Waals surface area contributed by atoms with Crippen LogP contribution < -0.4 is 0 Å². The molecular weight excluding hydrogens is 405 g/mol. The minimum Gasteiger partial charge on any atom is -0.387 e. The van der Waals surface area contributed by atoms with Crippen LogP contribution in [-0.2, 0) is 27.3 Å². The number of hydrogen-bond donors (Lipinski definition) is 9. The van der Waals surface area contributed by atoms with Crippen LogP contribution in [-0.4, -0.2) is 81.3 Å². The van der Waals surface area contributed by atoms with E-state index in [0.29, 0.717) is 0 Å². The van der Waals surface area contributed by atoms with Crippen LogP contribution in [0.5, 0.6) is 0 Å². The first-order valence-electron chi connectivity index (χ1n) is 5.78. The van der Waals surface area contributed by atoms with Crippen molar-refractivity contribution in [1.82, 2.24) is 0 Å². The monoisotopic (exact) mass is 420 g/mol. The zero-order valence-corrected chi connectivity index (χ0v) is 14.0. The van der Waals surface area contributed by atoms with Crippen molar-refractivity contribution in [3.63, 3.8) is 0 Å². The third-order valence-corrected chi connectivity index (χ3v) is 4.35. The molecule has 0 bridgehead atoms. The zero-order valence-electron chi connectivity index (χ0n) is 11.3. The van der Waals surface area contributed by atoms with E-state index in [4.69, 9.17) is 29.4 Å². The van der Waals surface area contributed by atoms with Crippen molar-refractivity contribution in [3.8, 4) is 0 Å². The van der Waals surface area contributed by atoms with Gasteiger partial charge in [-0.1, -0.05) is 0 Å². The standard InChI is InChI=1S/C6H15O15P3/c7-1-2(8)4(19-22(10,11)12)6(21-24(16,17)18)5(3(1)9)20-23(13,14)15/h1-9H,(H2,10,11,12)(H2,13,14,15)(H2,16,17,18)/t1?,2-,3-,4-,5-,6?/m1/s1. The van der Waals surface area contributed by atoms with Gasteiger partial charge >= 0.3 is 23.5 Å². The van der Waals surface area contributed by atoms with Crippen LogP contribution >= 0.6 is 23.5 Å². The van der Waals surface area contributed by atoms with Gasteiger partial charge in [0.2, 0.25) is 0 Å². The molecule has 144 valence electrons. The Hall–Kier alpha value is 0.210. The fourth-order valence-electron chi connectivity index (χ4n) is 2.01. The lowest BCUT2D eigenvalue weighted by atomic mass is 9.85. The van der Waals surface area contributed by atoms with Gasteiger partial charge in [-0.25, -0.2) is 13.7 Å². The van der Waals surface area contributed by atoms with E-state index in [0.717, 1.165) is 0 Å². The van der Waals surface area contributed by atoms with Crippen LogP contribution in [0.3, 0.4) is 0 Å². The predicted molar refractivity (Wildman–Crippen MR) is 68.8 cm³/mol. The Morgan fingerprint density at radius 1 is 0.500 bits per heavy atom. The highest BCUT2D eigenvalue weighted by molar-refractivity contribution is 7.47. The number of hydrogen-bond acceptors (Lipinski definition) is 9. The summed E-state index contributed by atoms with van der Waals surface area (Å²) in [6.07, 6.45) is -14.3. The van der Waals surface area contributed by atoms with Gasteiger partial charge in [0.1, 0.15) is 36.6 Å². The number of rotatable bonds is 6. The normalized spacial score (nSPS) is 35.9. The number of phosphoric acid groups is 3. The van der Waals surface area contributed by atoms with Gasteiger partial charge in [0.05, 0.1) is 0 Å². The highest BCUT2D eigenvalue weighted by Crippen LogP contribution is 2.50. The Bertz CT molecular complexity index is 536. The molecule has 1 aliphatic carbocycles. The van der Waals surface area contributed by atoms with Crippen molar-refractivity contribution in [2.75, 3.05) is 0 Å². The van der Waals surface area contributed by atoms with Gasteiger partial charge in [0.25, 0.3) is 0 Å². The van der Waals surface area contributed by atoms with Crippen LogP contribution in [0.25, 0.3) is 0 Å². The molecule has 1 rings (SSSR count). The maximum atomic E-state index is 11.0. The molecule has 0 amide bonds.